The highest BCUT2D eigenvalue weighted by molar-refractivity contribution is 5.85. The number of H-pyrrole nitrogens is 1. The molecule has 22 heavy (non-hydrogen) atoms. The minimum Gasteiger partial charge on any atom is -0.372 e. The van der Waals surface area contributed by atoms with Gasteiger partial charge in [-0.2, -0.15) is 0 Å². The van der Waals surface area contributed by atoms with Crippen molar-refractivity contribution in [2.75, 3.05) is 33.4 Å². The number of hydrogen-bond acceptors (Lipinski definition) is 2. The Hall–Kier alpha value is -1.76. The summed E-state index contributed by atoms with van der Waals surface area (Å²) < 4.78 is 4.96. The second-order valence-electron chi connectivity index (χ2n) is 6.05. The van der Waals surface area contributed by atoms with Crippen molar-refractivity contribution in [2.24, 2.45) is 0 Å². The van der Waals surface area contributed by atoms with E-state index in [-0.39, 0.29) is 0 Å². The number of nitrogens with zero attached hydrogens (tertiary/aromatic N) is 1. The first-order valence-corrected chi connectivity index (χ1v) is 8.04. The summed E-state index contributed by atoms with van der Waals surface area (Å²) in [6.07, 6.45) is 2.43. The Morgan fingerprint density at radius 3 is 2.77 bits per heavy atom. The van der Waals surface area contributed by atoms with Gasteiger partial charge in [-0.15, -0.1) is 0 Å². The van der Waals surface area contributed by atoms with Crippen LogP contribution in [0.15, 0.2) is 24.3 Å². The highest BCUT2D eigenvalue weighted by Gasteiger charge is 2.23. The first-order valence-electron chi connectivity index (χ1n) is 8.04. The molecule has 0 radical (unpaired) electrons. The zero-order valence-electron chi connectivity index (χ0n) is 13.5. The molecule has 3 rings (SSSR count). The molecular weight excluding hydrogens is 272 g/mol. The number of aromatic nitrogens is 1. The van der Waals surface area contributed by atoms with Crippen molar-refractivity contribution in [3.63, 3.8) is 0 Å². The molecule has 2 heterocycles. The molecule has 0 aliphatic carbocycles. The van der Waals surface area contributed by atoms with Gasteiger partial charge in [-0.3, -0.25) is 4.90 Å². The number of rotatable bonds is 3. The van der Waals surface area contributed by atoms with Crippen LogP contribution in [0.4, 0.5) is 0 Å². The minimum atomic E-state index is 0.533. The van der Waals surface area contributed by atoms with Crippen LogP contribution in [0.3, 0.4) is 0 Å². The number of nitrogens with one attached hydrogen (secondary N) is 1. The van der Waals surface area contributed by atoms with E-state index in [1.807, 2.05) is 0 Å². The summed E-state index contributed by atoms with van der Waals surface area (Å²) in [5.41, 5.74) is 4.13. The van der Waals surface area contributed by atoms with Crippen molar-refractivity contribution < 1.29 is 4.74 Å². The lowest BCUT2D eigenvalue weighted by atomic mass is 9.87. The van der Waals surface area contributed by atoms with E-state index in [2.05, 4.69) is 52.9 Å². The van der Waals surface area contributed by atoms with Crippen LogP contribution in [0, 0.1) is 18.8 Å². The molecule has 116 valence electrons. The van der Waals surface area contributed by atoms with Crippen molar-refractivity contribution in [3.8, 4) is 11.8 Å². The van der Waals surface area contributed by atoms with Crippen LogP contribution in [0.25, 0.3) is 10.9 Å². The average Bonchev–Trinajstić information content (AvgIpc) is 2.88. The number of aromatic amines is 1. The van der Waals surface area contributed by atoms with E-state index in [1.165, 1.54) is 35.0 Å². The van der Waals surface area contributed by atoms with Gasteiger partial charge in [0, 0.05) is 23.7 Å². The number of fused-ring (bicyclic) bond motifs is 1. The molecule has 1 aromatic heterocycles. The Balaban J connectivity index is 1.66. The molecule has 1 aliphatic heterocycles. The predicted octanol–water partition coefficient (Wildman–Crippen LogP) is 3.31. The maximum Gasteiger partial charge on any atom is 0.107 e. The van der Waals surface area contributed by atoms with Gasteiger partial charge in [0.2, 0.25) is 0 Å². The Morgan fingerprint density at radius 1 is 1.23 bits per heavy atom. The number of benzene rings is 1. The van der Waals surface area contributed by atoms with Gasteiger partial charge in [-0.05, 0) is 50.4 Å². The maximum absolute atomic E-state index is 4.96. The molecule has 0 spiro atoms. The summed E-state index contributed by atoms with van der Waals surface area (Å²) in [5, 5.41) is 1.40. The molecule has 0 saturated carbocycles. The Kier molecular flexibility index (Phi) is 4.82. The second-order valence-corrected chi connectivity index (χ2v) is 6.05. The maximum atomic E-state index is 4.96. The Bertz CT molecular complexity index is 684. The van der Waals surface area contributed by atoms with Gasteiger partial charge in [0.1, 0.15) is 6.61 Å². The van der Waals surface area contributed by atoms with E-state index in [1.54, 1.807) is 7.11 Å². The normalized spacial score (nSPS) is 16.6. The van der Waals surface area contributed by atoms with Crippen LogP contribution in [-0.4, -0.2) is 43.2 Å². The fourth-order valence-corrected chi connectivity index (χ4v) is 3.50. The van der Waals surface area contributed by atoms with Gasteiger partial charge in [-0.1, -0.05) is 30.0 Å². The molecule has 3 heteroatoms. The molecule has 1 fully saturated rings. The number of para-hydroxylation sites is 1. The Morgan fingerprint density at radius 2 is 2.00 bits per heavy atom. The number of hydrogen-bond donors (Lipinski definition) is 1. The summed E-state index contributed by atoms with van der Waals surface area (Å²) >= 11 is 0. The molecule has 2 aromatic rings. The van der Waals surface area contributed by atoms with E-state index in [0.29, 0.717) is 12.5 Å². The van der Waals surface area contributed by atoms with Gasteiger partial charge in [-0.25, -0.2) is 0 Å². The number of ether oxygens (including phenoxy) is 1. The average molecular weight is 296 g/mol. The number of aryl methyl sites for hydroxylation is 1. The van der Waals surface area contributed by atoms with Crippen molar-refractivity contribution in [1.82, 2.24) is 9.88 Å². The third-order valence-electron chi connectivity index (χ3n) is 4.58. The summed E-state index contributed by atoms with van der Waals surface area (Å²) in [7, 11) is 1.68. The third kappa shape index (κ3) is 3.19. The van der Waals surface area contributed by atoms with Gasteiger partial charge in [0.25, 0.3) is 0 Å². The molecule has 0 amide bonds. The molecular formula is C19H24N2O. The Labute approximate surface area is 132 Å². The zero-order valence-corrected chi connectivity index (χ0v) is 13.5. The van der Waals surface area contributed by atoms with Crippen molar-refractivity contribution in [2.45, 2.75) is 25.7 Å². The topological polar surface area (TPSA) is 28.3 Å². The van der Waals surface area contributed by atoms with E-state index in [9.17, 15) is 0 Å². The monoisotopic (exact) mass is 296 g/mol. The highest BCUT2D eigenvalue weighted by atomic mass is 16.5. The first kappa shape index (κ1) is 15.1. The second kappa shape index (κ2) is 7.00. The van der Waals surface area contributed by atoms with Crippen LogP contribution < -0.4 is 0 Å². The lowest BCUT2D eigenvalue weighted by molar-refractivity contribution is 0.233. The SMILES string of the molecule is COCC#CCN1CCC(c2c(C)[nH]c3ccccc23)CC1. The van der Waals surface area contributed by atoms with Gasteiger partial charge < -0.3 is 9.72 Å². The van der Waals surface area contributed by atoms with Crippen LogP contribution in [0.1, 0.15) is 30.0 Å². The minimum absolute atomic E-state index is 0.533. The quantitative estimate of drug-likeness (QED) is 0.880. The van der Waals surface area contributed by atoms with E-state index < -0.39 is 0 Å². The van der Waals surface area contributed by atoms with Gasteiger partial charge >= 0.3 is 0 Å². The molecule has 0 unspecified atom stereocenters. The van der Waals surface area contributed by atoms with Crippen LogP contribution in [0.5, 0.6) is 0 Å². The van der Waals surface area contributed by atoms with Crippen LogP contribution in [0.2, 0.25) is 0 Å². The number of piperidine rings is 1. The summed E-state index contributed by atoms with van der Waals surface area (Å²) in [5.74, 6) is 6.89. The molecule has 3 nitrogen and oxygen atoms in total. The van der Waals surface area contributed by atoms with Crippen molar-refractivity contribution >= 4 is 10.9 Å². The fraction of sp³-hybridized carbons (Fsp3) is 0.474. The number of methoxy groups -OCH3 is 1. The molecule has 1 N–H and O–H groups in total. The lowest BCUT2D eigenvalue weighted by Gasteiger charge is -2.31. The fourth-order valence-electron chi connectivity index (χ4n) is 3.50. The van der Waals surface area contributed by atoms with E-state index >= 15 is 0 Å². The predicted molar refractivity (Wildman–Crippen MR) is 91.1 cm³/mol. The number of likely N-dealkylation sites (tertiary alicyclic amines) is 1. The molecule has 1 aromatic carbocycles. The van der Waals surface area contributed by atoms with Crippen LogP contribution in [-0.2, 0) is 4.74 Å². The van der Waals surface area contributed by atoms with Crippen molar-refractivity contribution in [3.05, 3.63) is 35.5 Å². The van der Waals surface area contributed by atoms with Gasteiger partial charge in [0.05, 0.1) is 6.54 Å². The molecule has 0 bridgehead atoms. The largest absolute Gasteiger partial charge is 0.372 e. The molecule has 1 saturated heterocycles. The smallest absolute Gasteiger partial charge is 0.107 e. The van der Waals surface area contributed by atoms with Gasteiger partial charge in [0.15, 0.2) is 0 Å². The van der Waals surface area contributed by atoms with E-state index in [4.69, 9.17) is 4.74 Å². The standard InChI is InChI=1S/C19H24N2O/c1-15-19(17-7-3-4-8-18(17)20-15)16-9-12-21(13-10-16)11-5-6-14-22-2/h3-4,7-8,16,20H,9-14H2,1-2H3. The zero-order chi connectivity index (χ0) is 15.4. The van der Waals surface area contributed by atoms with E-state index in [0.717, 1.165) is 19.6 Å². The molecule has 0 atom stereocenters. The van der Waals surface area contributed by atoms with Crippen molar-refractivity contribution in [1.29, 1.82) is 0 Å². The third-order valence-corrected chi connectivity index (χ3v) is 4.58. The van der Waals surface area contributed by atoms with Crippen LogP contribution >= 0.6 is 0 Å². The molecule has 1 aliphatic rings. The summed E-state index contributed by atoms with van der Waals surface area (Å²) in [6, 6.07) is 8.66. The highest BCUT2D eigenvalue weighted by Crippen LogP contribution is 2.35. The summed E-state index contributed by atoms with van der Waals surface area (Å²) in [6.45, 7) is 5.86. The first-order chi connectivity index (χ1) is 10.8. The lowest BCUT2D eigenvalue weighted by Crippen LogP contribution is -2.33. The summed E-state index contributed by atoms with van der Waals surface area (Å²) in [4.78, 5) is 5.98.